The molecule has 1 saturated heterocycles. The number of amides is 2. The zero-order valence-corrected chi connectivity index (χ0v) is 29.6. The lowest BCUT2D eigenvalue weighted by molar-refractivity contribution is -0.128. The first-order valence-electron chi connectivity index (χ1n) is 18.3. The molecular formula is C44H46N2O6. The number of carbonyl (C=O) groups is 2. The lowest BCUT2D eigenvalue weighted by atomic mass is 10.1. The molecule has 0 aromatic heterocycles. The fourth-order valence-electron chi connectivity index (χ4n) is 7.21. The van der Waals surface area contributed by atoms with Crippen LogP contribution in [0.1, 0.15) is 60.8 Å². The molecule has 52 heavy (non-hydrogen) atoms. The van der Waals surface area contributed by atoms with Crippen molar-refractivity contribution in [3.05, 3.63) is 132 Å². The highest BCUT2D eigenvalue weighted by Gasteiger charge is 2.27. The third kappa shape index (κ3) is 8.14. The molecule has 1 fully saturated rings. The van der Waals surface area contributed by atoms with Gasteiger partial charge in [0.15, 0.2) is 12.2 Å². The molecule has 0 spiro atoms. The maximum absolute atomic E-state index is 13.5. The van der Waals surface area contributed by atoms with E-state index in [-0.39, 0.29) is 23.3 Å². The van der Waals surface area contributed by atoms with Crippen LogP contribution in [-0.4, -0.2) is 50.4 Å². The number of nitrogens with one attached hydrogen (secondary N) is 2. The number of hydrogen-bond donors (Lipinski definition) is 2. The molecule has 3 aliphatic rings. The maximum atomic E-state index is 13.5. The Morgan fingerprint density at radius 1 is 0.500 bits per heavy atom. The third-order valence-corrected chi connectivity index (χ3v) is 9.90. The van der Waals surface area contributed by atoms with Crippen LogP contribution in [0.4, 0.5) is 11.4 Å². The fourth-order valence-corrected chi connectivity index (χ4v) is 7.21. The van der Waals surface area contributed by atoms with Crippen molar-refractivity contribution in [1.29, 1.82) is 0 Å². The molecule has 8 nitrogen and oxygen atoms in total. The van der Waals surface area contributed by atoms with E-state index in [9.17, 15) is 9.59 Å². The molecule has 4 aromatic carbocycles. The molecule has 7 rings (SSSR count). The van der Waals surface area contributed by atoms with E-state index < -0.39 is 12.2 Å². The van der Waals surface area contributed by atoms with Gasteiger partial charge in [-0.25, -0.2) is 0 Å². The van der Waals surface area contributed by atoms with E-state index in [1.807, 2.05) is 24.3 Å². The maximum Gasteiger partial charge on any atom is 0.261 e. The number of carbonyl (C=O) groups excluding carboxylic acids is 2. The minimum absolute atomic E-state index is 0.287. The van der Waals surface area contributed by atoms with E-state index in [0.717, 1.165) is 37.1 Å². The van der Waals surface area contributed by atoms with Crippen LogP contribution in [0.25, 0.3) is 22.3 Å². The van der Waals surface area contributed by atoms with Crippen LogP contribution in [0.3, 0.4) is 0 Å². The van der Waals surface area contributed by atoms with Gasteiger partial charge in [-0.1, -0.05) is 73.8 Å². The van der Waals surface area contributed by atoms with Crippen molar-refractivity contribution in [2.45, 2.75) is 63.6 Å². The highest BCUT2D eigenvalue weighted by atomic mass is 16.5. The van der Waals surface area contributed by atoms with Crippen molar-refractivity contribution in [1.82, 2.24) is 0 Å². The van der Waals surface area contributed by atoms with Gasteiger partial charge in [-0.2, -0.15) is 0 Å². The number of fused-ring (bicyclic) bond motifs is 6. The van der Waals surface area contributed by atoms with Gasteiger partial charge < -0.3 is 29.6 Å². The third-order valence-electron chi connectivity index (χ3n) is 9.90. The standard InChI is InChI=1S/C44H46N2O6/c1-29-41(43(47)45-35-17-19-39-33(27-35)25-31-13-5-7-15-37(31)39)51-23-11-4-10-22-50-30(2)42(52-24-12-3-9-21-49-29)44(48)46-36-18-20-40-34(28-36)26-32-14-6-8-16-38(32)40/h5-8,13-20,27-28,41-42H,1-4,9-12,21-26H2,(H,45,47)(H,46,48). The van der Waals surface area contributed by atoms with Crippen molar-refractivity contribution in [2.75, 3.05) is 37.1 Å². The SMILES string of the molecule is C=C1OCCCCCOC(C(=O)Nc2ccc3c(c2)Cc2ccccc2-3)C(=C)OCCCCCOC1C(=O)Nc1ccc2c(c1)Cc1ccccc1-2. The first-order chi connectivity index (χ1) is 25.4. The first kappa shape index (κ1) is 35.2. The van der Waals surface area contributed by atoms with Gasteiger partial charge in [0, 0.05) is 24.6 Å². The molecular weight excluding hydrogens is 652 g/mol. The van der Waals surface area contributed by atoms with Gasteiger partial charge in [-0.3, -0.25) is 9.59 Å². The van der Waals surface area contributed by atoms with Gasteiger partial charge in [0.05, 0.1) is 13.2 Å². The Hall–Kier alpha value is -5.18. The largest absolute Gasteiger partial charge is 0.495 e. The fraction of sp³-hybridized carbons (Fsp3) is 0.318. The van der Waals surface area contributed by atoms with Crippen LogP contribution in [0.15, 0.2) is 110 Å². The second kappa shape index (κ2) is 16.4. The van der Waals surface area contributed by atoms with Gasteiger partial charge in [0.2, 0.25) is 0 Å². The number of rotatable bonds is 4. The van der Waals surface area contributed by atoms with Gasteiger partial charge in [0.1, 0.15) is 11.5 Å². The van der Waals surface area contributed by atoms with Crippen molar-refractivity contribution < 1.29 is 28.5 Å². The van der Waals surface area contributed by atoms with Crippen LogP contribution >= 0.6 is 0 Å². The number of benzene rings is 4. The summed E-state index contributed by atoms with van der Waals surface area (Å²) in [5, 5.41) is 6.06. The molecule has 1 aliphatic heterocycles. The second-order valence-electron chi connectivity index (χ2n) is 13.6. The monoisotopic (exact) mass is 698 g/mol. The summed E-state index contributed by atoms with van der Waals surface area (Å²) < 4.78 is 24.1. The molecule has 2 aliphatic carbocycles. The summed E-state index contributed by atoms with van der Waals surface area (Å²) in [7, 11) is 0. The molecule has 0 bridgehead atoms. The summed E-state index contributed by atoms with van der Waals surface area (Å²) in [6.07, 6.45) is 4.21. The highest BCUT2D eigenvalue weighted by molar-refractivity contribution is 5.97. The van der Waals surface area contributed by atoms with E-state index in [0.29, 0.717) is 52.1 Å². The average molecular weight is 699 g/mol. The molecule has 0 radical (unpaired) electrons. The normalized spacial score (nSPS) is 19.4. The Morgan fingerprint density at radius 2 is 0.904 bits per heavy atom. The van der Waals surface area contributed by atoms with Crippen LogP contribution < -0.4 is 10.6 Å². The van der Waals surface area contributed by atoms with E-state index in [1.165, 1.54) is 44.5 Å². The van der Waals surface area contributed by atoms with Crippen LogP contribution in [-0.2, 0) is 41.4 Å². The summed E-state index contributed by atoms with van der Waals surface area (Å²) in [5.41, 5.74) is 11.3. The minimum Gasteiger partial charge on any atom is -0.495 e. The van der Waals surface area contributed by atoms with E-state index in [4.69, 9.17) is 18.9 Å². The van der Waals surface area contributed by atoms with Crippen LogP contribution in [0, 0.1) is 0 Å². The number of anilines is 2. The van der Waals surface area contributed by atoms with Gasteiger partial charge in [-0.15, -0.1) is 0 Å². The summed E-state index contributed by atoms with van der Waals surface area (Å²) in [6.45, 7) is 9.59. The van der Waals surface area contributed by atoms with Crippen molar-refractivity contribution >= 4 is 23.2 Å². The predicted octanol–water partition coefficient (Wildman–Crippen LogP) is 8.59. The van der Waals surface area contributed by atoms with E-state index in [2.05, 4.69) is 84.5 Å². The number of hydrogen-bond acceptors (Lipinski definition) is 6. The molecule has 4 aromatic rings. The zero-order chi connectivity index (χ0) is 35.9. The Morgan fingerprint density at radius 3 is 1.37 bits per heavy atom. The lowest BCUT2D eigenvalue weighted by Crippen LogP contribution is -2.34. The molecule has 2 amide bonds. The van der Waals surface area contributed by atoms with Crippen molar-refractivity contribution in [3.63, 3.8) is 0 Å². The van der Waals surface area contributed by atoms with E-state index in [1.54, 1.807) is 0 Å². The molecule has 2 unspecified atom stereocenters. The van der Waals surface area contributed by atoms with Gasteiger partial charge in [0.25, 0.3) is 11.8 Å². The molecule has 0 saturated carbocycles. The van der Waals surface area contributed by atoms with Gasteiger partial charge in [-0.05, 0) is 120 Å². The Kier molecular flexibility index (Phi) is 11.1. The smallest absolute Gasteiger partial charge is 0.261 e. The predicted molar refractivity (Wildman–Crippen MR) is 204 cm³/mol. The van der Waals surface area contributed by atoms with E-state index >= 15 is 0 Å². The highest BCUT2D eigenvalue weighted by Crippen LogP contribution is 2.39. The second-order valence-corrected chi connectivity index (χ2v) is 13.6. The lowest BCUT2D eigenvalue weighted by Gasteiger charge is -2.22. The quantitative estimate of drug-likeness (QED) is 0.192. The zero-order valence-electron chi connectivity index (χ0n) is 29.6. The molecule has 2 N–H and O–H groups in total. The topological polar surface area (TPSA) is 95.1 Å². The Labute approximate surface area is 305 Å². The molecule has 268 valence electrons. The van der Waals surface area contributed by atoms with Crippen molar-refractivity contribution in [2.24, 2.45) is 0 Å². The average Bonchev–Trinajstić information content (AvgIpc) is 3.70. The molecule has 2 atom stereocenters. The molecule has 1 heterocycles. The summed E-state index contributed by atoms with van der Waals surface area (Å²) in [5.74, 6) is -0.0418. The number of ether oxygens (including phenoxy) is 4. The van der Waals surface area contributed by atoms with Gasteiger partial charge >= 0.3 is 0 Å². The summed E-state index contributed by atoms with van der Waals surface area (Å²) in [6, 6.07) is 28.8. The molecule has 8 heteroatoms. The first-order valence-corrected chi connectivity index (χ1v) is 18.3. The Balaban J connectivity index is 0.920. The van der Waals surface area contributed by atoms with Crippen LogP contribution in [0.2, 0.25) is 0 Å². The summed E-state index contributed by atoms with van der Waals surface area (Å²) in [4.78, 5) is 27.0. The van der Waals surface area contributed by atoms with Crippen molar-refractivity contribution in [3.8, 4) is 22.3 Å². The Bertz CT molecular complexity index is 1830. The summed E-state index contributed by atoms with van der Waals surface area (Å²) >= 11 is 0. The minimum atomic E-state index is -0.941. The van der Waals surface area contributed by atoms with Crippen LogP contribution in [0.5, 0.6) is 0 Å².